The van der Waals surface area contributed by atoms with E-state index >= 15 is 0 Å². The number of anilines is 1. The van der Waals surface area contributed by atoms with Crippen LogP contribution < -0.4 is 4.90 Å². The Morgan fingerprint density at radius 1 is 1.44 bits per heavy atom. The molecule has 5 nitrogen and oxygen atoms in total. The molecule has 0 amide bonds. The molecule has 0 aliphatic heterocycles. The molecule has 2 heterocycles. The van der Waals surface area contributed by atoms with Gasteiger partial charge in [0, 0.05) is 26.0 Å². The molecule has 6 heteroatoms. The highest BCUT2D eigenvalue weighted by Gasteiger charge is 2.11. The second-order valence-corrected chi connectivity index (χ2v) is 4.85. The van der Waals surface area contributed by atoms with Crippen molar-refractivity contribution in [2.75, 3.05) is 18.5 Å². The van der Waals surface area contributed by atoms with Crippen LogP contribution in [0, 0.1) is 0 Å². The molecular formula is C12H13N3O2S. The normalized spacial score (nSPS) is 10.3. The number of aromatic nitrogens is 2. The Morgan fingerprint density at radius 2 is 2.17 bits per heavy atom. The molecule has 2 aromatic heterocycles. The fourth-order valence-corrected chi connectivity index (χ4v) is 2.22. The first kappa shape index (κ1) is 12.5. The molecule has 94 valence electrons. The van der Waals surface area contributed by atoms with Gasteiger partial charge < -0.3 is 10.0 Å². The summed E-state index contributed by atoms with van der Waals surface area (Å²) in [5.41, 5.74) is 1.20. The number of aromatic carboxylic acids is 1. The molecule has 0 aliphatic carbocycles. The molecule has 0 bridgehead atoms. The van der Waals surface area contributed by atoms with Crippen LogP contribution in [0.4, 0.5) is 5.13 Å². The van der Waals surface area contributed by atoms with Gasteiger partial charge in [-0.3, -0.25) is 4.98 Å². The van der Waals surface area contributed by atoms with Gasteiger partial charge in [0.25, 0.3) is 0 Å². The van der Waals surface area contributed by atoms with Gasteiger partial charge in [-0.15, -0.1) is 0 Å². The summed E-state index contributed by atoms with van der Waals surface area (Å²) in [6.45, 7) is 0.788. The van der Waals surface area contributed by atoms with E-state index in [0.29, 0.717) is 0 Å². The molecule has 0 unspecified atom stereocenters. The topological polar surface area (TPSA) is 66.3 Å². The standard InChI is InChI=1S/C12H13N3O2S/c1-15(7-4-9-2-5-13-6-3-9)12-14-8-10(18-12)11(16)17/h2-3,5-6,8H,4,7H2,1H3,(H,16,17). The molecule has 0 radical (unpaired) electrons. The number of carboxylic acid groups (broad SMARTS) is 1. The first-order valence-corrected chi connectivity index (χ1v) is 6.27. The lowest BCUT2D eigenvalue weighted by atomic mass is 10.2. The van der Waals surface area contributed by atoms with E-state index in [4.69, 9.17) is 5.11 Å². The van der Waals surface area contributed by atoms with Crippen molar-refractivity contribution >= 4 is 22.4 Å². The monoisotopic (exact) mass is 263 g/mol. The maximum Gasteiger partial charge on any atom is 0.347 e. The Labute approximate surface area is 109 Å². The fourth-order valence-electron chi connectivity index (χ4n) is 1.48. The molecule has 0 saturated carbocycles. The van der Waals surface area contributed by atoms with E-state index in [2.05, 4.69) is 9.97 Å². The van der Waals surface area contributed by atoms with E-state index in [-0.39, 0.29) is 4.88 Å². The Morgan fingerprint density at radius 3 is 2.78 bits per heavy atom. The minimum absolute atomic E-state index is 0.265. The largest absolute Gasteiger partial charge is 0.477 e. The lowest BCUT2D eigenvalue weighted by molar-refractivity contribution is 0.0702. The lowest BCUT2D eigenvalue weighted by Gasteiger charge is -2.15. The Kier molecular flexibility index (Phi) is 3.88. The SMILES string of the molecule is CN(CCc1ccncc1)c1ncc(C(=O)O)s1. The highest BCUT2D eigenvalue weighted by Crippen LogP contribution is 2.21. The van der Waals surface area contributed by atoms with Crippen molar-refractivity contribution in [3.05, 3.63) is 41.2 Å². The van der Waals surface area contributed by atoms with Gasteiger partial charge in [-0.1, -0.05) is 11.3 Å². The number of thiazole rings is 1. The molecule has 0 spiro atoms. The van der Waals surface area contributed by atoms with E-state index in [1.54, 1.807) is 12.4 Å². The van der Waals surface area contributed by atoms with Crippen molar-refractivity contribution in [3.63, 3.8) is 0 Å². The predicted octanol–water partition coefficient (Wildman–Crippen LogP) is 1.92. The van der Waals surface area contributed by atoms with Gasteiger partial charge in [-0.25, -0.2) is 9.78 Å². The summed E-state index contributed by atoms with van der Waals surface area (Å²) in [5, 5.41) is 9.56. The third kappa shape index (κ3) is 3.04. The van der Waals surface area contributed by atoms with Crippen LogP contribution in [0.2, 0.25) is 0 Å². The summed E-state index contributed by atoms with van der Waals surface area (Å²) in [4.78, 5) is 21.0. The van der Waals surface area contributed by atoms with Crippen LogP contribution >= 0.6 is 11.3 Å². The summed E-state index contributed by atoms with van der Waals surface area (Å²) in [5.74, 6) is -0.929. The van der Waals surface area contributed by atoms with E-state index in [1.165, 1.54) is 23.1 Å². The zero-order chi connectivity index (χ0) is 13.0. The van der Waals surface area contributed by atoms with Crippen molar-refractivity contribution in [3.8, 4) is 0 Å². The lowest BCUT2D eigenvalue weighted by Crippen LogP contribution is -2.19. The van der Waals surface area contributed by atoms with Gasteiger partial charge >= 0.3 is 5.97 Å². The molecule has 2 aromatic rings. The molecule has 0 fully saturated rings. The Balaban J connectivity index is 1.95. The minimum atomic E-state index is -0.929. The van der Waals surface area contributed by atoms with Crippen LogP contribution in [0.5, 0.6) is 0 Å². The van der Waals surface area contributed by atoms with Crippen molar-refractivity contribution in [2.45, 2.75) is 6.42 Å². The zero-order valence-electron chi connectivity index (χ0n) is 9.91. The van der Waals surface area contributed by atoms with Gasteiger partial charge in [0.15, 0.2) is 5.13 Å². The number of hydrogen-bond acceptors (Lipinski definition) is 5. The molecular weight excluding hydrogens is 250 g/mol. The molecule has 18 heavy (non-hydrogen) atoms. The summed E-state index contributed by atoms with van der Waals surface area (Å²) < 4.78 is 0. The average Bonchev–Trinajstić information content (AvgIpc) is 2.87. The third-order valence-corrected chi connectivity index (χ3v) is 3.62. The number of likely N-dealkylation sites (N-methyl/N-ethyl adjacent to an activating group) is 1. The minimum Gasteiger partial charge on any atom is -0.477 e. The summed E-state index contributed by atoms with van der Waals surface area (Å²) in [7, 11) is 1.91. The summed E-state index contributed by atoms with van der Waals surface area (Å²) in [6, 6.07) is 3.94. The molecule has 0 saturated heterocycles. The van der Waals surface area contributed by atoms with Gasteiger partial charge in [0.2, 0.25) is 0 Å². The van der Waals surface area contributed by atoms with Gasteiger partial charge in [-0.2, -0.15) is 0 Å². The van der Waals surface area contributed by atoms with E-state index < -0.39 is 5.97 Å². The predicted molar refractivity (Wildman–Crippen MR) is 70.3 cm³/mol. The summed E-state index contributed by atoms with van der Waals surface area (Å²) >= 11 is 1.19. The first-order valence-electron chi connectivity index (χ1n) is 5.46. The van der Waals surface area contributed by atoms with Crippen LogP contribution in [0.15, 0.2) is 30.7 Å². The van der Waals surface area contributed by atoms with E-state index in [1.807, 2.05) is 24.1 Å². The van der Waals surface area contributed by atoms with Gasteiger partial charge in [0.05, 0.1) is 6.20 Å². The smallest absolute Gasteiger partial charge is 0.347 e. The zero-order valence-corrected chi connectivity index (χ0v) is 10.7. The number of nitrogens with zero attached hydrogens (tertiary/aromatic N) is 3. The molecule has 0 aliphatic rings. The molecule has 0 atom stereocenters. The number of pyridine rings is 1. The van der Waals surface area contributed by atoms with Crippen LogP contribution in [-0.2, 0) is 6.42 Å². The number of hydrogen-bond donors (Lipinski definition) is 1. The summed E-state index contributed by atoms with van der Waals surface area (Å²) in [6.07, 6.45) is 5.80. The quantitative estimate of drug-likeness (QED) is 0.892. The van der Waals surface area contributed by atoms with Crippen LogP contribution in [0.3, 0.4) is 0 Å². The maximum atomic E-state index is 10.8. The van der Waals surface area contributed by atoms with Crippen LogP contribution in [-0.4, -0.2) is 34.6 Å². The van der Waals surface area contributed by atoms with Crippen molar-refractivity contribution in [2.24, 2.45) is 0 Å². The highest BCUT2D eigenvalue weighted by molar-refractivity contribution is 7.17. The van der Waals surface area contributed by atoms with Crippen molar-refractivity contribution < 1.29 is 9.90 Å². The van der Waals surface area contributed by atoms with Crippen molar-refractivity contribution in [1.29, 1.82) is 0 Å². The Hall–Kier alpha value is -1.95. The van der Waals surface area contributed by atoms with Crippen molar-refractivity contribution in [1.82, 2.24) is 9.97 Å². The highest BCUT2D eigenvalue weighted by atomic mass is 32.1. The first-order chi connectivity index (χ1) is 8.66. The second-order valence-electron chi connectivity index (χ2n) is 3.84. The fraction of sp³-hybridized carbons (Fsp3) is 0.250. The third-order valence-electron chi connectivity index (χ3n) is 2.52. The van der Waals surface area contributed by atoms with E-state index in [9.17, 15) is 4.79 Å². The molecule has 1 N–H and O–H groups in total. The van der Waals surface area contributed by atoms with Gasteiger partial charge in [0.1, 0.15) is 4.88 Å². The van der Waals surface area contributed by atoms with Gasteiger partial charge in [-0.05, 0) is 24.1 Å². The number of rotatable bonds is 5. The van der Waals surface area contributed by atoms with E-state index in [0.717, 1.165) is 18.1 Å². The molecule has 0 aromatic carbocycles. The second kappa shape index (κ2) is 5.59. The van der Waals surface area contributed by atoms with Crippen LogP contribution in [0.25, 0.3) is 0 Å². The number of carboxylic acids is 1. The molecule has 2 rings (SSSR count). The Bertz CT molecular complexity index is 527. The van der Waals surface area contributed by atoms with Crippen LogP contribution in [0.1, 0.15) is 15.2 Å². The maximum absolute atomic E-state index is 10.8. The number of carbonyl (C=O) groups is 1. The average molecular weight is 263 g/mol.